The molecule has 0 radical (unpaired) electrons. The molecule has 7 heteroatoms. The minimum Gasteiger partial charge on any atom is -0.276 e. The molecule has 31 heavy (non-hydrogen) atoms. The topological polar surface area (TPSA) is 47.8 Å². The van der Waals surface area contributed by atoms with Gasteiger partial charge in [-0.3, -0.25) is 19.3 Å². The van der Waals surface area contributed by atoms with Gasteiger partial charge >= 0.3 is 6.18 Å². The quantitative estimate of drug-likeness (QED) is 0.350. The third-order valence-electron chi connectivity index (χ3n) is 5.16. The zero-order valence-corrected chi connectivity index (χ0v) is 16.0. The van der Waals surface area contributed by atoms with E-state index >= 15 is 0 Å². The standard InChI is InChI=1S/C24H14F3N3O/c25-24(26,27)18-2-1-3-19(13-18)30-22(31)7-5-17-14-29-21-6-4-16(12-20(21)23(17)30)15-8-10-28-11-9-15/h1-14H. The van der Waals surface area contributed by atoms with Crippen LogP contribution in [0.4, 0.5) is 13.2 Å². The number of alkyl halides is 3. The first kappa shape index (κ1) is 19.0. The Kier molecular flexibility index (Phi) is 4.32. The number of halogens is 3. The van der Waals surface area contributed by atoms with Crippen LogP contribution in [0, 0.1) is 0 Å². The lowest BCUT2D eigenvalue weighted by atomic mass is 10.0. The summed E-state index contributed by atoms with van der Waals surface area (Å²) in [5.41, 5.74) is 1.86. The minimum atomic E-state index is -4.51. The Bertz CT molecular complexity index is 1490. The molecule has 3 heterocycles. The van der Waals surface area contributed by atoms with Gasteiger partial charge in [-0.1, -0.05) is 12.1 Å². The van der Waals surface area contributed by atoms with Gasteiger partial charge in [0.2, 0.25) is 0 Å². The van der Waals surface area contributed by atoms with Gasteiger partial charge in [0.25, 0.3) is 5.56 Å². The van der Waals surface area contributed by atoms with Gasteiger partial charge in [0.05, 0.1) is 16.6 Å². The summed E-state index contributed by atoms with van der Waals surface area (Å²) in [5.74, 6) is 0. The predicted octanol–water partition coefficient (Wildman–Crippen LogP) is 5.62. The SMILES string of the molecule is O=c1ccc2cnc3ccc(-c4ccncc4)cc3c2n1-c1cccc(C(F)(F)F)c1. The molecule has 4 nitrogen and oxygen atoms in total. The van der Waals surface area contributed by atoms with E-state index in [9.17, 15) is 18.0 Å². The molecule has 0 aliphatic carbocycles. The van der Waals surface area contributed by atoms with Crippen molar-refractivity contribution >= 4 is 21.8 Å². The lowest BCUT2D eigenvalue weighted by Crippen LogP contribution is -2.18. The number of aromatic nitrogens is 3. The Morgan fingerprint density at radius 2 is 1.65 bits per heavy atom. The van der Waals surface area contributed by atoms with E-state index < -0.39 is 17.3 Å². The Balaban J connectivity index is 1.86. The molecule has 2 aromatic carbocycles. The summed E-state index contributed by atoms with van der Waals surface area (Å²) in [6.45, 7) is 0. The fourth-order valence-electron chi connectivity index (χ4n) is 3.71. The second-order valence-electron chi connectivity index (χ2n) is 7.09. The van der Waals surface area contributed by atoms with E-state index in [-0.39, 0.29) is 5.69 Å². The zero-order valence-electron chi connectivity index (χ0n) is 16.0. The van der Waals surface area contributed by atoms with Crippen LogP contribution in [0.2, 0.25) is 0 Å². The number of benzene rings is 2. The van der Waals surface area contributed by atoms with E-state index in [1.807, 2.05) is 30.3 Å². The smallest absolute Gasteiger partial charge is 0.276 e. The van der Waals surface area contributed by atoms with Crippen LogP contribution in [0.15, 0.2) is 90.1 Å². The molecule has 0 N–H and O–H groups in total. The van der Waals surface area contributed by atoms with Gasteiger partial charge < -0.3 is 0 Å². The van der Waals surface area contributed by atoms with Gasteiger partial charge in [-0.2, -0.15) is 13.2 Å². The minimum absolute atomic E-state index is 0.146. The maximum atomic E-state index is 13.3. The molecular weight excluding hydrogens is 403 g/mol. The van der Waals surface area contributed by atoms with Gasteiger partial charge in [-0.05, 0) is 59.7 Å². The predicted molar refractivity (Wildman–Crippen MR) is 113 cm³/mol. The van der Waals surface area contributed by atoms with Crippen molar-refractivity contribution in [2.24, 2.45) is 0 Å². The molecular formula is C24H14F3N3O. The molecule has 5 rings (SSSR count). The van der Waals surface area contributed by atoms with Crippen LogP contribution in [0.3, 0.4) is 0 Å². The monoisotopic (exact) mass is 417 g/mol. The van der Waals surface area contributed by atoms with Gasteiger partial charge in [0.1, 0.15) is 0 Å². The van der Waals surface area contributed by atoms with Crippen molar-refractivity contribution in [1.82, 2.24) is 14.5 Å². The molecule has 0 amide bonds. The number of nitrogens with zero attached hydrogens (tertiary/aromatic N) is 3. The van der Waals surface area contributed by atoms with E-state index in [4.69, 9.17) is 0 Å². The summed E-state index contributed by atoms with van der Waals surface area (Å²) in [6.07, 6.45) is 0.467. The largest absolute Gasteiger partial charge is 0.416 e. The summed E-state index contributed by atoms with van der Waals surface area (Å²) in [5, 5.41) is 1.32. The van der Waals surface area contributed by atoms with E-state index in [0.29, 0.717) is 21.8 Å². The summed E-state index contributed by atoms with van der Waals surface area (Å²) in [6, 6.07) is 17.1. The molecule has 5 aromatic rings. The van der Waals surface area contributed by atoms with Crippen molar-refractivity contribution in [3.05, 3.63) is 101 Å². The van der Waals surface area contributed by atoms with Gasteiger partial charge in [-0.15, -0.1) is 0 Å². The Morgan fingerprint density at radius 1 is 0.839 bits per heavy atom. The lowest BCUT2D eigenvalue weighted by molar-refractivity contribution is -0.137. The highest BCUT2D eigenvalue weighted by Crippen LogP contribution is 2.32. The van der Waals surface area contributed by atoms with E-state index in [2.05, 4.69) is 9.97 Å². The van der Waals surface area contributed by atoms with Crippen molar-refractivity contribution in [1.29, 1.82) is 0 Å². The number of hydrogen-bond acceptors (Lipinski definition) is 3. The molecule has 0 saturated heterocycles. The average Bonchev–Trinajstić information content (AvgIpc) is 2.78. The number of hydrogen-bond donors (Lipinski definition) is 0. The van der Waals surface area contributed by atoms with Crippen LogP contribution in [-0.2, 0) is 6.18 Å². The van der Waals surface area contributed by atoms with E-state index in [1.165, 1.54) is 22.8 Å². The molecule has 0 bridgehead atoms. The van der Waals surface area contributed by atoms with Crippen LogP contribution in [0.5, 0.6) is 0 Å². The first-order chi connectivity index (χ1) is 14.9. The second-order valence-corrected chi connectivity index (χ2v) is 7.09. The van der Waals surface area contributed by atoms with Crippen LogP contribution < -0.4 is 5.56 Å². The van der Waals surface area contributed by atoms with Crippen LogP contribution in [-0.4, -0.2) is 14.5 Å². The summed E-state index contributed by atoms with van der Waals surface area (Å²) >= 11 is 0. The van der Waals surface area contributed by atoms with Crippen LogP contribution in [0.1, 0.15) is 5.56 Å². The Hall–Kier alpha value is -4.00. The molecule has 0 aliphatic heterocycles. The molecule has 0 saturated carbocycles. The zero-order chi connectivity index (χ0) is 21.6. The highest BCUT2D eigenvalue weighted by Gasteiger charge is 2.30. The third kappa shape index (κ3) is 3.34. The average molecular weight is 417 g/mol. The van der Waals surface area contributed by atoms with E-state index in [0.717, 1.165) is 23.3 Å². The van der Waals surface area contributed by atoms with Gasteiger partial charge in [-0.25, -0.2) is 0 Å². The first-order valence-electron chi connectivity index (χ1n) is 9.44. The normalized spacial score (nSPS) is 11.8. The summed E-state index contributed by atoms with van der Waals surface area (Å²) < 4.78 is 41.2. The molecule has 0 fully saturated rings. The van der Waals surface area contributed by atoms with Gasteiger partial charge in [0, 0.05) is 41.1 Å². The summed E-state index contributed by atoms with van der Waals surface area (Å²) in [7, 11) is 0. The van der Waals surface area contributed by atoms with Crippen LogP contribution in [0.25, 0.3) is 38.6 Å². The fraction of sp³-hybridized carbons (Fsp3) is 0.0417. The summed E-state index contributed by atoms with van der Waals surface area (Å²) in [4.78, 5) is 21.3. The third-order valence-corrected chi connectivity index (χ3v) is 5.16. The first-order valence-corrected chi connectivity index (χ1v) is 9.44. The van der Waals surface area contributed by atoms with Gasteiger partial charge in [0.15, 0.2) is 0 Å². The van der Waals surface area contributed by atoms with Crippen molar-refractivity contribution in [2.75, 3.05) is 0 Å². The maximum Gasteiger partial charge on any atom is 0.416 e. The van der Waals surface area contributed by atoms with Crippen molar-refractivity contribution in [3.8, 4) is 16.8 Å². The van der Waals surface area contributed by atoms with Crippen LogP contribution >= 0.6 is 0 Å². The highest BCUT2D eigenvalue weighted by atomic mass is 19.4. The Labute approximate surface area is 174 Å². The van der Waals surface area contributed by atoms with Crippen molar-refractivity contribution in [3.63, 3.8) is 0 Å². The number of rotatable bonds is 2. The molecule has 0 unspecified atom stereocenters. The molecule has 152 valence electrons. The molecule has 0 spiro atoms. The lowest BCUT2D eigenvalue weighted by Gasteiger charge is -2.15. The number of pyridine rings is 3. The molecule has 0 atom stereocenters. The second kappa shape index (κ2) is 7.05. The number of fused-ring (bicyclic) bond motifs is 3. The van der Waals surface area contributed by atoms with Crippen molar-refractivity contribution in [2.45, 2.75) is 6.18 Å². The Morgan fingerprint density at radius 3 is 2.42 bits per heavy atom. The molecule has 3 aromatic heterocycles. The fourth-order valence-corrected chi connectivity index (χ4v) is 3.71. The highest BCUT2D eigenvalue weighted by molar-refractivity contribution is 6.05. The maximum absolute atomic E-state index is 13.3. The molecule has 0 aliphatic rings. The van der Waals surface area contributed by atoms with Crippen molar-refractivity contribution < 1.29 is 13.2 Å². The van der Waals surface area contributed by atoms with E-state index in [1.54, 1.807) is 24.7 Å².